The van der Waals surface area contributed by atoms with E-state index < -0.39 is 0 Å². The Morgan fingerprint density at radius 1 is 1.10 bits per heavy atom. The average molecular weight is 305 g/mol. The van der Waals surface area contributed by atoms with Crippen LogP contribution in [0.25, 0.3) is 0 Å². The van der Waals surface area contributed by atoms with Crippen LogP contribution >= 0.6 is 0 Å². The molecular weight excluding hydrogens is 268 g/mol. The number of ether oxygens (including phenoxy) is 2. The Hall–Kier alpha value is -0.450. The number of hydrogen-bond acceptors (Lipinski definition) is 4. The lowest BCUT2D eigenvalue weighted by Crippen LogP contribution is -2.29. The number of aliphatic hydroxyl groups excluding tert-OH is 1. The fraction of sp³-hybridized carbons (Fsp3) is 0.941. The smallest absolute Gasteiger partial charge is 0.126 e. The largest absolute Gasteiger partial charge is 0.396 e. The molecule has 0 aromatic heterocycles. The lowest BCUT2D eigenvalue weighted by atomic mass is 9.84. The molecule has 21 heavy (non-hydrogen) atoms. The maximum atomic E-state index is 10.4. The minimum absolute atomic E-state index is 0. The van der Waals surface area contributed by atoms with Crippen LogP contribution in [0.15, 0.2) is 0 Å². The molecule has 2 aliphatic rings. The molecule has 4 heteroatoms. The Morgan fingerprint density at radius 2 is 1.48 bits per heavy atom. The SMILES string of the molecule is C.CC1(C=O)CCOCC1.CC1(CO)CCOCC1.[2H]CC. The summed E-state index contributed by atoms with van der Waals surface area (Å²) in [6.07, 6.45) is 4.83. The van der Waals surface area contributed by atoms with E-state index >= 15 is 0 Å². The van der Waals surface area contributed by atoms with Crippen LogP contribution in [0.2, 0.25) is 0 Å². The molecular formula is C17H36O4. The molecule has 0 unspecified atom stereocenters. The van der Waals surface area contributed by atoms with Crippen molar-refractivity contribution in [2.24, 2.45) is 10.8 Å². The van der Waals surface area contributed by atoms with Gasteiger partial charge in [-0.05, 0) is 31.1 Å². The van der Waals surface area contributed by atoms with Gasteiger partial charge in [-0.2, -0.15) is 0 Å². The lowest BCUT2D eigenvalue weighted by molar-refractivity contribution is -0.120. The molecule has 0 spiro atoms. The molecule has 2 rings (SSSR count). The molecule has 2 heterocycles. The molecule has 0 aliphatic carbocycles. The molecule has 0 aromatic rings. The van der Waals surface area contributed by atoms with Crippen molar-refractivity contribution in [3.8, 4) is 0 Å². The third-order valence-corrected chi connectivity index (χ3v) is 4.00. The van der Waals surface area contributed by atoms with Crippen LogP contribution < -0.4 is 0 Å². The highest BCUT2D eigenvalue weighted by atomic mass is 16.5. The summed E-state index contributed by atoms with van der Waals surface area (Å²) in [5.41, 5.74) is 0.0660. The Balaban J connectivity index is 0. The van der Waals surface area contributed by atoms with Crippen LogP contribution in [-0.2, 0) is 14.3 Å². The molecule has 0 atom stereocenters. The van der Waals surface area contributed by atoms with E-state index in [1.807, 2.05) is 6.92 Å². The first-order valence-corrected chi connectivity index (χ1v) is 7.47. The van der Waals surface area contributed by atoms with Crippen LogP contribution in [-0.4, -0.2) is 44.4 Å². The van der Waals surface area contributed by atoms with Gasteiger partial charge in [-0.15, -0.1) is 0 Å². The van der Waals surface area contributed by atoms with Gasteiger partial charge in [-0.25, -0.2) is 0 Å². The summed E-state index contributed by atoms with van der Waals surface area (Å²) in [6.45, 7) is 9.81. The second kappa shape index (κ2) is 12.1. The van der Waals surface area contributed by atoms with Gasteiger partial charge in [-0.3, -0.25) is 0 Å². The monoisotopic (exact) mass is 305 g/mol. The van der Waals surface area contributed by atoms with Crippen LogP contribution in [0.5, 0.6) is 0 Å². The maximum absolute atomic E-state index is 10.4. The third-order valence-electron chi connectivity index (χ3n) is 4.00. The van der Waals surface area contributed by atoms with Crippen molar-refractivity contribution in [2.45, 2.75) is 60.8 Å². The maximum Gasteiger partial charge on any atom is 0.126 e. The molecule has 0 bridgehead atoms. The molecule has 2 aliphatic heterocycles. The quantitative estimate of drug-likeness (QED) is 0.794. The molecule has 2 saturated heterocycles. The van der Waals surface area contributed by atoms with E-state index in [4.69, 9.17) is 16.0 Å². The number of carbonyl (C=O) groups excluding carboxylic acids is 1. The Morgan fingerprint density at radius 3 is 1.71 bits per heavy atom. The molecule has 0 aromatic carbocycles. The highest BCUT2D eigenvalue weighted by Crippen LogP contribution is 2.28. The lowest BCUT2D eigenvalue weighted by Gasteiger charge is -2.31. The zero-order valence-electron chi connectivity index (χ0n) is 14.3. The Bertz CT molecular complexity index is 259. The molecule has 2 fully saturated rings. The third kappa shape index (κ3) is 9.22. The van der Waals surface area contributed by atoms with Gasteiger partial charge < -0.3 is 19.4 Å². The summed E-state index contributed by atoms with van der Waals surface area (Å²) in [7, 11) is 0. The summed E-state index contributed by atoms with van der Waals surface area (Å²) in [5.74, 6) is 0. The summed E-state index contributed by atoms with van der Waals surface area (Å²) in [4.78, 5) is 10.4. The van der Waals surface area contributed by atoms with Crippen molar-refractivity contribution in [2.75, 3.05) is 33.0 Å². The van der Waals surface area contributed by atoms with E-state index in [-0.39, 0.29) is 18.3 Å². The fourth-order valence-corrected chi connectivity index (χ4v) is 1.98. The van der Waals surface area contributed by atoms with Crippen molar-refractivity contribution in [3.05, 3.63) is 0 Å². The van der Waals surface area contributed by atoms with Crippen molar-refractivity contribution < 1.29 is 20.7 Å². The van der Waals surface area contributed by atoms with Crippen LogP contribution in [0, 0.1) is 10.8 Å². The van der Waals surface area contributed by atoms with Crippen LogP contribution in [0.1, 0.15) is 62.2 Å². The molecule has 4 nitrogen and oxygen atoms in total. The summed E-state index contributed by atoms with van der Waals surface area (Å²) < 4.78 is 16.5. The van der Waals surface area contributed by atoms with Gasteiger partial charge in [-0.1, -0.05) is 35.1 Å². The van der Waals surface area contributed by atoms with Gasteiger partial charge in [0, 0.05) is 39.8 Å². The predicted molar refractivity (Wildman–Crippen MR) is 87.5 cm³/mol. The van der Waals surface area contributed by atoms with E-state index in [0.717, 1.165) is 58.4 Å². The van der Waals surface area contributed by atoms with E-state index in [1.54, 1.807) is 6.92 Å². The summed E-state index contributed by atoms with van der Waals surface area (Å²) in [5, 5.41) is 8.89. The predicted octanol–water partition coefficient (Wildman–Crippen LogP) is 3.46. The van der Waals surface area contributed by atoms with Gasteiger partial charge in [0.2, 0.25) is 0 Å². The Labute approximate surface area is 132 Å². The second-order valence-corrected chi connectivity index (χ2v) is 5.97. The van der Waals surface area contributed by atoms with Crippen molar-refractivity contribution in [3.63, 3.8) is 0 Å². The molecule has 1 N–H and O–H groups in total. The Kier molecular flexibility index (Phi) is 11.9. The molecule has 128 valence electrons. The number of carbonyl (C=O) groups is 1. The van der Waals surface area contributed by atoms with Crippen LogP contribution in [0.4, 0.5) is 0 Å². The number of rotatable bonds is 2. The van der Waals surface area contributed by atoms with Gasteiger partial charge in [0.25, 0.3) is 0 Å². The first-order chi connectivity index (χ1) is 9.95. The minimum Gasteiger partial charge on any atom is -0.396 e. The van der Waals surface area contributed by atoms with Crippen molar-refractivity contribution in [1.29, 1.82) is 0 Å². The van der Waals surface area contributed by atoms with Gasteiger partial charge in [0.15, 0.2) is 0 Å². The van der Waals surface area contributed by atoms with Gasteiger partial charge in [0.1, 0.15) is 6.29 Å². The number of aliphatic hydroxyl groups is 1. The van der Waals surface area contributed by atoms with E-state index in [2.05, 4.69) is 6.92 Å². The highest BCUT2D eigenvalue weighted by Gasteiger charge is 2.26. The number of hydrogen-bond donors (Lipinski definition) is 1. The summed E-state index contributed by atoms with van der Waals surface area (Å²) >= 11 is 0. The van der Waals surface area contributed by atoms with E-state index in [0.29, 0.717) is 13.5 Å². The zero-order valence-corrected chi connectivity index (χ0v) is 13.3. The standard InChI is InChI=1S/C7H14O2.C7H12O2.C2H6.CH4/c2*1-7(6-8)2-4-9-5-3-7;1-2;/h8H,2-6H2,1H3;6H,2-5H2,1H3;1-2H3;1H4/i;;1D;. The average Bonchev–Trinajstić information content (AvgIpc) is 2.50. The normalized spacial score (nSPS) is 23.0. The first kappa shape index (κ1) is 20.6. The van der Waals surface area contributed by atoms with Crippen molar-refractivity contribution in [1.82, 2.24) is 0 Å². The van der Waals surface area contributed by atoms with Crippen LogP contribution in [0.3, 0.4) is 0 Å². The van der Waals surface area contributed by atoms with E-state index in [1.165, 1.54) is 0 Å². The molecule has 0 saturated carbocycles. The topological polar surface area (TPSA) is 55.8 Å². The van der Waals surface area contributed by atoms with Crippen molar-refractivity contribution >= 4 is 6.29 Å². The second-order valence-electron chi connectivity index (χ2n) is 5.97. The molecule has 0 radical (unpaired) electrons. The van der Waals surface area contributed by atoms with Gasteiger partial charge in [0.05, 0.1) is 0 Å². The highest BCUT2D eigenvalue weighted by molar-refractivity contribution is 5.58. The number of aldehydes is 1. The fourth-order valence-electron chi connectivity index (χ4n) is 1.98. The molecule has 0 amide bonds. The summed E-state index contributed by atoms with van der Waals surface area (Å²) in [6, 6.07) is 0. The first-order valence-electron chi connectivity index (χ1n) is 8.18. The zero-order chi connectivity index (χ0) is 16.2. The van der Waals surface area contributed by atoms with E-state index in [9.17, 15) is 4.79 Å². The van der Waals surface area contributed by atoms with Gasteiger partial charge >= 0.3 is 0 Å². The minimum atomic E-state index is -0.0851.